The third kappa shape index (κ3) is 3.78. The number of nitrogens with zero attached hydrogens (tertiary/aromatic N) is 2. The zero-order valence-corrected chi connectivity index (χ0v) is 17.4. The first-order chi connectivity index (χ1) is 14.7. The average molecular weight is 450 g/mol. The number of hydrogen-bond acceptors (Lipinski definition) is 5. The number of carbonyl (C=O) groups is 1. The van der Waals surface area contributed by atoms with Gasteiger partial charge in [-0.05, 0) is 37.5 Å². The van der Waals surface area contributed by atoms with Crippen molar-refractivity contribution in [3.63, 3.8) is 0 Å². The Balaban J connectivity index is 1.32. The molecule has 1 aliphatic carbocycles. The minimum Gasteiger partial charge on any atom is -0.388 e. The predicted octanol–water partition coefficient (Wildman–Crippen LogP) is 4.17. The fourth-order valence-corrected chi connectivity index (χ4v) is 5.15. The van der Waals surface area contributed by atoms with E-state index in [9.17, 15) is 23.1 Å². The molecule has 3 heterocycles. The van der Waals surface area contributed by atoms with E-state index in [4.69, 9.17) is 0 Å². The lowest BCUT2D eigenvalue weighted by atomic mass is 9.80. The van der Waals surface area contributed by atoms with Gasteiger partial charge in [0.25, 0.3) is 5.91 Å². The van der Waals surface area contributed by atoms with Gasteiger partial charge in [0.1, 0.15) is 5.69 Å². The number of aromatic nitrogens is 2. The van der Waals surface area contributed by atoms with Crippen LogP contribution in [0.4, 0.5) is 18.3 Å². The summed E-state index contributed by atoms with van der Waals surface area (Å²) in [5.41, 5.74) is -0.0565. The molecule has 0 spiro atoms. The quantitative estimate of drug-likeness (QED) is 0.557. The molecule has 3 aromatic rings. The van der Waals surface area contributed by atoms with Gasteiger partial charge in [-0.2, -0.15) is 13.2 Å². The van der Waals surface area contributed by atoms with E-state index in [1.54, 1.807) is 4.90 Å². The van der Waals surface area contributed by atoms with Crippen molar-refractivity contribution in [3.05, 3.63) is 46.1 Å². The number of rotatable bonds is 4. The zero-order chi connectivity index (χ0) is 21.8. The lowest BCUT2D eigenvalue weighted by Crippen LogP contribution is -2.43. The molecule has 10 heteroatoms. The topological polar surface area (TPSA) is 81.2 Å². The van der Waals surface area contributed by atoms with Gasteiger partial charge in [-0.15, -0.1) is 0 Å². The van der Waals surface area contributed by atoms with Crippen molar-refractivity contribution in [2.24, 2.45) is 0 Å². The molecule has 3 N–H and O–H groups in total. The number of fused-ring (bicyclic) bond motifs is 2. The van der Waals surface area contributed by atoms with Crippen molar-refractivity contribution in [2.45, 2.75) is 44.0 Å². The Labute approximate surface area is 180 Å². The van der Waals surface area contributed by atoms with Crippen molar-refractivity contribution in [1.82, 2.24) is 14.9 Å². The van der Waals surface area contributed by atoms with E-state index in [1.807, 2.05) is 0 Å². The first-order valence-corrected chi connectivity index (χ1v) is 11.0. The fraction of sp³-hybridized carbons (Fsp3) is 0.429. The number of alkyl halides is 3. The van der Waals surface area contributed by atoms with Crippen molar-refractivity contribution in [1.29, 1.82) is 0 Å². The van der Waals surface area contributed by atoms with E-state index in [0.717, 1.165) is 41.0 Å². The standard InChI is InChI=1S/C21H21F3N4O2S/c22-21(23,24)13-3-1-4-14-12(13)9-16(26-14)18(29)28-8-5-15-17(10-28)31-19(27-15)25-11-20(30)6-2-7-20/h1,3-4,9,26,30H,2,5-8,10-11H2,(H,25,27). The first kappa shape index (κ1) is 20.3. The van der Waals surface area contributed by atoms with Crippen LogP contribution in [0, 0.1) is 0 Å². The summed E-state index contributed by atoms with van der Waals surface area (Å²) in [6, 6.07) is 5.17. The lowest BCUT2D eigenvalue weighted by Gasteiger charge is -2.36. The molecule has 5 rings (SSSR count). The summed E-state index contributed by atoms with van der Waals surface area (Å²) in [5.74, 6) is -0.332. The molecule has 0 saturated heterocycles. The third-order valence-corrected chi connectivity index (χ3v) is 7.11. The molecule has 1 saturated carbocycles. The predicted molar refractivity (Wildman–Crippen MR) is 111 cm³/mol. The van der Waals surface area contributed by atoms with Crippen molar-refractivity contribution < 1.29 is 23.1 Å². The number of amides is 1. The molecule has 1 aromatic carbocycles. The van der Waals surface area contributed by atoms with E-state index in [-0.39, 0.29) is 22.5 Å². The van der Waals surface area contributed by atoms with Gasteiger partial charge in [-0.1, -0.05) is 17.4 Å². The number of H-pyrrole nitrogens is 1. The molecule has 2 aliphatic rings. The molecule has 1 aliphatic heterocycles. The summed E-state index contributed by atoms with van der Waals surface area (Å²) in [6.07, 6.45) is -1.30. The number of hydrogen-bond donors (Lipinski definition) is 3. The highest BCUT2D eigenvalue weighted by molar-refractivity contribution is 7.15. The van der Waals surface area contributed by atoms with E-state index in [0.29, 0.717) is 26.1 Å². The molecule has 164 valence electrons. The maximum absolute atomic E-state index is 13.3. The molecule has 0 radical (unpaired) electrons. The van der Waals surface area contributed by atoms with Crippen LogP contribution in [0.2, 0.25) is 0 Å². The van der Waals surface area contributed by atoms with Crippen molar-refractivity contribution in [3.8, 4) is 0 Å². The summed E-state index contributed by atoms with van der Waals surface area (Å²) in [4.78, 5) is 23.0. The highest BCUT2D eigenvalue weighted by Gasteiger charge is 2.35. The van der Waals surface area contributed by atoms with E-state index >= 15 is 0 Å². The molecule has 6 nitrogen and oxygen atoms in total. The van der Waals surface area contributed by atoms with Crippen LogP contribution in [0.5, 0.6) is 0 Å². The molecule has 0 unspecified atom stereocenters. The molecular weight excluding hydrogens is 429 g/mol. The second-order valence-electron chi connectivity index (χ2n) is 8.24. The summed E-state index contributed by atoms with van der Waals surface area (Å²) >= 11 is 1.45. The molecule has 1 amide bonds. The summed E-state index contributed by atoms with van der Waals surface area (Å²) in [6.45, 7) is 1.26. The van der Waals surface area contributed by atoms with Crippen molar-refractivity contribution >= 4 is 33.3 Å². The van der Waals surface area contributed by atoms with Gasteiger partial charge in [-0.3, -0.25) is 4.79 Å². The van der Waals surface area contributed by atoms with Crippen molar-refractivity contribution in [2.75, 3.05) is 18.4 Å². The molecule has 0 atom stereocenters. The molecule has 2 aromatic heterocycles. The zero-order valence-electron chi connectivity index (χ0n) is 16.6. The second kappa shape index (κ2) is 7.23. The van der Waals surface area contributed by atoms with Crippen LogP contribution < -0.4 is 5.32 Å². The van der Waals surface area contributed by atoms with Crippen LogP contribution >= 0.6 is 11.3 Å². The van der Waals surface area contributed by atoms with Crippen LogP contribution in [0.1, 0.15) is 45.9 Å². The minimum atomic E-state index is -4.49. The van der Waals surface area contributed by atoms with Gasteiger partial charge < -0.3 is 20.3 Å². The SMILES string of the molecule is O=C(c1cc2c(C(F)(F)F)cccc2[nH]1)N1CCc2nc(NCC3(O)CCC3)sc2C1. The monoisotopic (exact) mass is 450 g/mol. The van der Waals surface area contributed by atoms with Crippen LogP contribution in [-0.4, -0.2) is 44.6 Å². The maximum Gasteiger partial charge on any atom is 0.417 e. The van der Waals surface area contributed by atoms with E-state index in [2.05, 4.69) is 15.3 Å². The Bertz CT molecular complexity index is 1150. The van der Waals surface area contributed by atoms with Gasteiger partial charge >= 0.3 is 6.18 Å². The maximum atomic E-state index is 13.3. The van der Waals surface area contributed by atoms with E-state index in [1.165, 1.54) is 29.5 Å². The van der Waals surface area contributed by atoms with Crippen LogP contribution in [-0.2, 0) is 19.1 Å². The highest BCUT2D eigenvalue weighted by Crippen LogP contribution is 2.36. The summed E-state index contributed by atoms with van der Waals surface area (Å²) in [7, 11) is 0. The smallest absolute Gasteiger partial charge is 0.388 e. The number of halogens is 3. The molecule has 31 heavy (non-hydrogen) atoms. The van der Waals surface area contributed by atoms with Crippen LogP contribution in [0.3, 0.4) is 0 Å². The second-order valence-corrected chi connectivity index (χ2v) is 9.33. The third-order valence-electron chi connectivity index (χ3n) is 6.07. The van der Waals surface area contributed by atoms with Gasteiger partial charge in [0.15, 0.2) is 5.13 Å². The summed E-state index contributed by atoms with van der Waals surface area (Å²) < 4.78 is 39.8. The Kier molecular flexibility index (Phi) is 4.74. The number of nitrogens with one attached hydrogen (secondary N) is 2. The number of anilines is 1. The molecule has 0 bridgehead atoms. The highest BCUT2D eigenvalue weighted by atomic mass is 32.1. The number of aliphatic hydroxyl groups is 1. The Morgan fingerprint density at radius 3 is 2.87 bits per heavy atom. The number of thiazole rings is 1. The van der Waals surface area contributed by atoms with Crippen LogP contribution in [0.15, 0.2) is 24.3 Å². The fourth-order valence-electron chi connectivity index (χ4n) is 4.13. The number of carbonyl (C=O) groups excluding carboxylic acids is 1. The van der Waals surface area contributed by atoms with Gasteiger partial charge in [0.2, 0.25) is 0 Å². The van der Waals surface area contributed by atoms with Gasteiger partial charge in [0.05, 0.1) is 23.4 Å². The Morgan fingerprint density at radius 1 is 1.35 bits per heavy atom. The first-order valence-electron chi connectivity index (χ1n) is 10.1. The Hall–Kier alpha value is -2.59. The van der Waals surface area contributed by atoms with Gasteiger partial charge in [0, 0.05) is 35.3 Å². The number of aromatic amines is 1. The van der Waals surface area contributed by atoms with E-state index < -0.39 is 17.3 Å². The molecule has 1 fully saturated rings. The minimum absolute atomic E-state index is 0.00532. The Morgan fingerprint density at radius 2 is 2.16 bits per heavy atom. The van der Waals surface area contributed by atoms with Crippen LogP contribution in [0.25, 0.3) is 10.9 Å². The van der Waals surface area contributed by atoms with Gasteiger partial charge in [-0.25, -0.2) is 4.98 Å². The average Bonchev–Trinajstić information content (AvgIpc) is 3.32. The summed E-state index contributed by atoms with van der Waals surface area (Å²) in [5, 5.41) is 14.1. The largest absolute Gasteiger partial charge is 0.417 e. The number of benzene rings is 1. The normalized spacial score (nSPS) is 18.0. The molecular formula is C21H21F3N4O2S. The lowest BCUT2D eigenvalue weighted by molar-refractivity contribution is -0.136.